The Balaban J connectivity index is 1.54. The van der Waals surface area contributed by atoms with E-state index < -0.39 is 0 Å². The zero-order chi connectivity index (χ0) is 28.0. The van der Waals surface area contributed by atoms with Crippen molar-refractivity contribution in [1.29, 1.82) is 0 Å². The standard InChI is InChI=1S/C38H33BN2/c1-37(2,3)22-17-18-31-28(19-22)29-20-23(38(4,5)6)21-30-36(29)40(31)33-16-10-12-25-27-14-9-13-26-24-11-7-8-15-32(24)41(35(26)27)39(30)34(25)33/h7-21H,1-6H3. The number of para-hydroxylation sites is 2. The van der Waals surface area contributed by atoms with E-state index in [9.17, 15) is 0 Å². The number of nitrogens with zero attached hydrogens (tertiary/aromatic N) is 2. The fourth-order valence-corrected chi connectivity index (χ4v) is 7.77. The van der Waals surface area contributed by atoms with Crippen molar-refractivity contribution in [2.75, 3.05) is 0 Å². The van der Waals surface area contributed by atoms with Gasteiger partial charge in [-0.1, -0.05) is 102 Å². The first-order chi connectivity index (χ1) is 19.6. The molecule has 9 rings (SSSR count). The van der Waals surface area contributed by atoms with Gasteiger partial charge in [0, 0.05) is 43.8 Å². The molecule has 2 aromatic heterocycles. The number of benzene rings is 5. The van der Waals surface area contributed by atoms with Crippen molar-refractivity contribution < 1.29 is 0 Å². The van der Waals surface area contributed by atoms with Crippen LogP contribution in [0.25, 0.3) is 60.4 Å². The highest BCUT2D eigenvalue weighted by atomic mass is 15.0. The molecule has 0 saturated carbocycles. The molecular weight excluding hydrogens is 495 g/mol. The first kappa shape index (κ1) is 23.5. The minimum atomic E-state index is 0.0290. The van der Waals surface area contributed by atoms with E-state index in [0.717, 1.165) is 0 Å². The highest BCUT2D eigenvalue weighted by molar-refractivity contribution is 6.90. The van der Waals surface area contributed by atoms with Gasteiger partial charge in [-0.05, 0) is 68.8 Å². The normalized spacial score (nSPS) is 14.0. The Morgan fingerprint density at radius 3 is 2.05 bits per heavy atom. The number of aromatic nitrogens is 2. The smallest absolute Gasteiger partial charge is 0.333 e. The Morgan fingerprint density at radius 1 is 0.537 bits per heavy atom. The molecule has 0 N–H and O–H groups in total. The van der Waals surface area contributed by atoms with E-state index in [4.69, 9.17) is 0 Å². The molecule has 2 aliphatic rings. The fraction of sp³-hybridized carbons (Fsp3) is 0.211. The molecule has 0 fully saturated rings. The summed E-state index contributed by atoms with van der Waals surface area (Å²) in [5.74, 6) is 0. The van der Waals surface area contributed by atoms with Crippen LogP contribution in [0.4, 0.5) is 0 Å². The molecule has 0 saturated heterocycles. The largest absolute Gasteiger partial charge is 0.375 e. The van der Waals surface area contributed by atoms with Crippen LogP contribution < -0.4 is 10.9 Å². The van der Waals surface area contributed by atoms with Gasteiger partial charge in [0.25, 0.3) is 0 Å². The molecular formula is C38H33BN2. The van der Waals surface area contributed by atoms with Crippen LogP contribution in [0.2, 0.25) is 0 Å². The zero-order valence-electron chi connectivity index (χ0n) is 24.6. The summed E-state index contributed by atoms with van der Waals surface area (Å²) in [6.07, 6.45) is 0. The number of hydrogen-bond donors (Lipinski definition) is 0. The van der Waals surface area contributed by atoms with Gasteiger partial charge in [-0.2, -0.15) is 0 Å². The van der Waals surface area contributed by atoms with Crippen LogP contribution in [0.1, 0.15) is 52.7 Å². The van der Waals surface area contributed by atoms with E-state index in [1.165, 1.54) is 82.5 Å². The lowest BCUT2D eigenvalue weighted by atomic mass is 9.45. The third-order valence-electron chi connectivity index (χ3n) is 9.79. The Kier molecular flexibility index (Phi) is 4.20. The molecule has 4 heterocycles. The van der Waals surface area contributed by atoms with E-state index in [0.29, 0.717) is 0 Å². The Bertz CT molecular complexity index is 2280. The molecule has 7 aromatic rings. The van der Waals surface area contributed by atoms with E-state index in [-0.39, 0.29) is 17.7 Å². The third-order valence-corrected chi connectivity index (χ3v) is 9.79. The van der Waals surface area contributed by atoms with Gasteiger partial charge in [0.05, 0.1) is 11.0 Å². The van der Waals surface area contributed by atoms with Gasteiger partial charge in [0.1, 0.15) is 0 Å². The summed E-state index contributed by atoms with van der Waals surface area (Å²) < 4.78 is 5.24. The number of rotatable bonds is 0. The lowest BCUT2D eigenvalue weighted by Gasteiger charge is -2.34. The van der Waals surface area contributed by atoms with Crippen molar-refractivity contribution in [2.45, 2.75) is 52.4 Å². The maximum absolute atomic E-state index is 2.66. The highest BCUT2D eigenvalue weighted by Crippen LogP contribution is 2.44. The van der Waals surface area contributed by atoms with Gasteiger partial charge in [-0.3, -0.25) is 0 Å². The summed E-state index contributed by atoms with van der Waals surface area (Å²) in [6.45, 7) is 14.1. The van der Waals surface area contributed by atoms with Crippen molar-refractivity contribution in [3.05, 3.63) is 102 Å². The van der Waals surface area contributed by atoms with Crippen molar-refractivity contribution in [1.82, 2.24) is 9.05 Å². The van der Waals surface area contributed by atoms with Gasteiger partial charge in [0.15, 0.2) is 0 Å². The molecule has 0 amide bonds. The Labute approximate surface area is 241 Å². The maximum atomic E-state index is 2.66. The van der Waals surface area contributed by atoms with Crippen LogP contribution >= 0.6 is 0 Å². The summed E-state index contributed by atoms with van der Waals surface area (Å²) in [4.78, 5) is 0. The number of fused-ring (bicyclic) bond motifs is 10. The first-order valence-corrected chi connectivity index (χ1v) is 14.9. The molecule has 41 heavy (non-hydrogen) atoms. The molecule has 0 radical (unpaired) electrons. The second-order valence-electron chi connectivity index (χ2n) is 14.3. The summed E-state index contributed by atoms with van der Waals surface area (Å²) in [7, 11) is 0. The topological polar surface area (TPSA) is 9.86 Å². The SMILES string of the molecule is CC(C)(C)c1ccc2c(c1)c1cc(C(C)(C)C)cc3c1n2-c1cccc2c1B3n1c3ccccc3c3cccc-2c31. The van der Waals surface area contributed by atoms with Crippen LogP contribution in [0.5, 0.6) is 0 Å². The number of hydrogen-bond acceptors (Lipinski definition) is 0. The van der Waals surface area contributed by atoms with Gasteiger partial charge in [0.2, 0.25) is 0 Å². The molecule has 2 aliphatic heterocycles. The van der Waals surface area contributed by atoms with Crippen molar-refractivity contribution >= 4 is 61.4 Å². The van der Waals surface area contributed by atoms with E-state index in [1.54, 1.807) is 0 Å². The van der Waals surface area contributed by atoms with Crippen molar-refractivity contribution in [3.63, 3.8) is 0 Å². The zero-order valence-corrected chi connectivity index (χ0v) is 24.6. The highest BCUT2D eigenvalue weighted by Gasteiger charge is 2.41. The first-order valence-electron chi connectivity index (χ1n) is 14.9. The molecule has 0 spiro atoms. The van der Waals surface area contributed by atoms with Crippen LogP contribution in [0.3, 0.4) is 0 Å². The minimum Gasteiger partial charge on any atom is -0.375 e. The fourth-order valence-electron chi connectivity index (χ4n) is 7.77. The molecule has 3 heteroatoms. The van der Waals surface area contributed by atoms with Gasteiger partial charge in [-0.15, -0.1) is 0 Å². The molecule has 0 bridgehead atoms. The van der Waals surface area contributed by atoms with Crippen LogP contribution in [0, 0.1) is 0 Å². The molecule has 0 aliphatic carbocycles. The van der Waals surface area contributed by atoms with E-state index in [1.807, 2.05) is 0 Å². The van der Waals surface area contributed by atoms with Crippen molar-refractivity contribution in [2.24, 2.45) is 0 Å². The summed E-state index contributed by atoms with van der Waals surface area (Å²) in [5, 5.41) is 5.41. The van der Waals surface area contributed by atoms with Crippen LogP contribution in [0.15, 0.2) is 91.0 Å². The molecule has 5 aromatic carbocycles. The second kappa shape index (κ2) is 7.34. The van der Waals surface area contributed by atoms with Crippen LogP contribution in [-0.4, -0.2) is 15.9 Å². The average molecular weight is 529 g/mol. The van der Waals surface area contributed by atoms with Gasteiger partial charge >= 0.3 is 6.85 Å². The lowest BCUT2D eigenvalue weighted by molar-refractivity contribution is 0.590. The summed E-state index contributed by atoms with van der Waals surface area (Å²) in [5.41, 5.74) is 15.1. The third kappa shape index (κ3) is 2.84. The Morgan fingerprint density at radius 2 is 1.24 bits per heavy atom. The average Bonchev–Trinajstić information content (AvgIpc) is 3.46. The predicted octanol–water partition coefficient (Wildman–Crippen LogP) is 8.43. The molecule has 198 valence electrons. The maximum Gasteiger partial charge on any atom is 0.333 e. The van der Waals surface area contributed by atoms with Gasteiger partial charge in [-0.25, -0.2) is 0 Å². The predicted molar refractivity (Wildman–Crippen MR) is 177 cm³/mol. The monoisotopic (exact) mass is 528 g/mol. The minimum absolute atomic E-state index is 0.0290. The Hall–Kier alpha value is -4.24. The summed E-state index contributed by atoms with van der Waals surface area (Å²) in [6, 6.07) is 35.0. The lowest BCUT2D eigenvalue weighted by Crippen LogP contribution is -2.55. The van der Waals surface area contributed by atoms with E-state index >= 15 is 0 Å². The quantitative estimate of drug-likeness (QED) is 0.175. The van der Waals surface area contributed by atoms with Gasteiger partial charge < -0.3 is 9.05 Å². The second-order valence-corrected chi connectivity index (χ2v) is 14.3. The molecule has 0 unspecified atom stereocenters. The van der Waals surface area contributed by atoms with Crippen molar-refractivity contribution in [3.8, 4) is 16.8 Å². The summed E-state index contributed by atoms with van der Waals surface area (Å²) >= 11 is 0. The van der Waals surface area contributed by atoms with E-state index in [2.05, 4.69) is 142 Å². The molecule has 0 atom stereocenters. The molecule has 2 nitrogen and oxygen atoms in total. The van der Waals surface area contributed by atoms with Crippen LogP contribution in [-0.2, 0) is 10.8 Å².